The third-order valence-corrected chi connectivity index (χ3v) is 5.32. The van der Waals surface area contributed by atoms with Crippen molar-refractivity contribution in [3.05, 3.63) is 71.8 Å². The van der Waals surface area contributed by atoms with Crippen molar-refractivity contribution >= 4 is 11.9 Å². The maximum Gasteiger partial charge on any atom is 0.318 e. The lowest BCUT2D eigenvalue weighted by molar-refractivity contribution is -0.149. The highest BCUT2D eigenvalue weighted by molar-refractivity contribution is 5.85. The number of hydrogen-bond donors (Lipinski definition) is 1. The Hall–Kier alpha value is -2.62. The number of carbonyl (C=O) groups excluding carboxylic acids is 2. The summed E-state index contributed by atoms with van der Waals surface area (Å²) < 4.78 is 5.42. The lowest BCUT2D eigenvalue weighted by Crippen LogP contribution is -2.38. The average molecular weight is 380 g/mol. The zero-order valence-corrected chi connectivity index (χ0v) is 16.3. The maximum atomic E-state index is 12.8. The largest absolute Gasteiger partial charge is 0.455 e. The lowest BCUT2D eigenvalue weighted by atomic mass is 9.91. The molecule has 1 aliphatic carbocycles. The van der Waals surface area contributed by atoms with Crippen LogP contribution in [0.5, 0.6) is 0 Å². The molecule has 0 aromatic heterocycles. The van der Waals surface area contributed by atoms with Crippen LogP contribution in [0.15, 0.2) is 60.7 Å². The molecule has 0 aliphatic heterocycles. The van der Waals surface area contributed by atoms with Crippen LogP contribution in [0.4, 0.5) is 0 Å². The van der Waals surface area contributed by atoms with Crippen molar-refractivity contribution in [3.63, 3.8) is 0 Å². The number of nitrogens with one attached hydrogen (secondary N) is 1. The molecule has 0 bridgehead atoms. The van der Waals surface area contributed by atoms with Gasteiger partial charge in [-0.05, 0) is 24.0 Å². The summed E-state index contributed by atoms with van der Waals surface area (Å²) >= 11 is 0. The van der Waals surface area contributed by atoms with Gasteiger partial charge in [0.2, 0.25) is 0 Å². The third kappa shape index (κ3) is 5.95. The molecule has 4 heteroatoms. The lowest BCUT2D eigenvalue weighted by Gasteiger charge is -2.21. The first-order valence-electron chi connectivity index (χ1n) is 10.3. The van der Waals surface area contributed by atoms with Crippen molar-refractivity contribution in [1.82, 2.24) is 5.32 Å². The molecule has 1 fully saturated rings. The molecular formula is C24H29NO3. The van der Waals surface area contributed by atoms with Gasteiger partial charge in [0, 0.05) is 6.04 Å². The number of hydrogen-bond acceptors (Lipinski definition) is 3. The van der Waals surface area contributed by atoms with E-state index in [4.69, 9.17) is 4.74 Å². The van der Waals surface area contributed by atoms with Crippen LogP contribution in [0.2, 0.25) is 0 Å². The fourth-order valence-electron chi connectivity index (χ4n) is 3.85. The van der Waals surface area contributed by atoms with Crippen molar-refractivity contribution in [1.29, 1.82) is 0 Å². The summed E-state index contributed by atoms with van der Waals surface area (Å²) in [5, 5.41) is 3.04. The molecule has 0 spiro atoms. The van der Waals surface area contributed by atoms with Gasteiger partial charge in [-0.1, -0.05) is 92.8 Å². The van der Waals surface area contributed by atoms with Crippen LogP contribution in [-0.4, -0.2) is 24.5 Å². The van der Waals surface area contributed by atoms with Crippen LogP contribution >= 0.6 is 0 Å². The molecule has 0 saturated heterocycles. The molecule has 148 valence electrons. The van der Waals surface area contributed by atoms with Gasteiger partial charge < -0.3 is 10.1 Å². The number of amides is 1. The quantitative estimate of drug-likeness (QED) is 0.747. The molecule has 1 saturated carbocycles. The zero-order chi connectivity index (χ0) is 19.6. The van der Waals surface area contributed by atoms with Gasteiger partial charge in [0.1, 0.15) is 5.92 Å². The number of carbonyl (C=O) groups is 2. The Balaban J connectivity index is 1.60. The van der Waals surface area contributed by atoms with E-state index in [0.717, 1.165) is 36.8 Å². The molecule has 1 amide bonds. The van der Waals surface area contributed by atoms with Crippen LogP contribution < -0.4 is 5.32 Å². The fraction of sp³-hybridized carbons (Fsp3) is 0.417. The predicted octanol–water partition coefficient (Wildman–Crippen LogP) is 4.59. The molecule has 0 unspecified atom stereocenters. The highest BCUT2D eigenvalue weighted by Crippen LogP contribution is 2.26. The molecule has 0 radical (unpaired) electrons. The van der Waals surface area contributed by atoms with Gasteiger partial charge in [0.05, 0.1) is 0 Å². The van der Waals surface area contributed by atoms with Gasteiger partial charge in [0.25, 0.3) is 5.91 Å². The smallest absolute Gasteiger partial charge is 0.318 e. The summed E-state index contributed by atoms with van der Waals surface area (Å²) in [6.45, 7) is -0.231. The topological polar surface area (TPSA) is 55.4 Å². The summed E-state index contributed by atoms with van der Waals surface area (Å²) in [5.41, 5.74) is 1.72. The number of benzene rings is 2. The molecule has 2 aromatic rings. The van der Waals surface area contributed by atoms with Crippen LogP contribution in [0.3, 0.4) is 0 Å². The Kier molecular flexibility index (Phi) is 7.65. The molecule has 3 rings (SSSR count). The first-order valence-corrected chi connectivity index (χ1v) is 10.3. The van der Waals surface area contributed by atoms with Gasteiger partial charge in [-0.3, -0.25) is 9.59 Å². The first-order chi connectivity index (χ1) is 13.7. The van der Waals surface area contributed by atoms with Crippen molar-refractivity contribution < 1.29 is 14.3 Å². The van der Waals surface area contributed by atoms with E-state index in [-0.39, 0.29) is 18.6 Å². The summed E-state index contributed by atoms with van der Waals surface area (Å²) in [6.07, 6.45) is 8.07. The molecule has 0 heterocycles. The van der Waals surface area contributed by atoms with Gasteiger partial charge in [-0.25, -0.2) is 0 Å². The Morgan fingerprint density at radius 3 is 1.86 bits per heavy atom. The minimum absolute atomic E-state index is 0.200. The van der Waals surface area contributed by atoms with Crippen molar-refractivity contribution in [2.75, 3.05) is 6.61 Å². The van der Waals surface area contributed by atoms with Gasteiger partial charge in [-0.15, -0.1) is 0 Å². The molecule has 1 aliphatic rings. The van der Waals surface area contributed by atoms with Crippen molar-refractivity contribution in [2.45, 2.75) is 56.9 Å². The zero-order valence-electron chi connectivity index (χ0n) is 16.3. The summed E-state index contributed by atoms with van der Waals surface area (Å²) in [7, 11) is 0. The normalized spacial score (nSPS) is 15.5. The molecule has 0 atom stereocenters. The molecule has 1 N–H and O–H groups in total. The van der Waals surface area contributed by atoms with Crippen LogP contribution in [0.25, 0.3) is 0 Å². The van der Waals surface area contributed by atoms with E-state index >= 15 is 0 Å². The number of esters is 1. The maximum absolute atomic E-state index is 12.8. The van der Waals surface area contributed by atoms with Gasteiger partial charge >= 0.3 is 5.97 Å². The van der Waals surface area contributed by atoms with Crippen molar-refractivity contribution in [2.24, 2.45) is 0 Å². The predicted molar refractivity (Wildman–Crippen MR) is 110 cm³/mol. The van der Waals surface area contributed by atoms with Gasteiger partial charge in [-0.2, -0.15) is 0 Å². The minimum atomic E-state index is -0.531. The highest BCUT2D eigenvalue weighted by atomic mass is 16.5. The Labute approximate surface area is 167 Å². The molecule has 28 heavy (non-hydrogen) atoms. The van der Waals surface area contributed by atoms with E-state index in [2.05, 4.69) is 5.32 Å². The second-order valence-electron chi connectivity index (χ2n) is 7.47. The Morgan fingerprint density at radius 2 is 1.32 bits per heavy atom. The molecule has 4 nitrogen and oxygen atoms in total. The van der Waals surface area contributed by atoms with E-state index in [9.17, 15) is 9.59 Å². The summed E-state index contributed by atoms with van der Waals surface area (Å²) in [6, 6.07) is 19.3. The third-order valence-electron chi connectivity index (χ3n) is 5.32. The van der Waals surface area contributed by atoms with Crippen LogP contribution in [-0.2, 0) is 14.3 Å². The second kappa shape index (κ2) is 10.6. The number of ether oxygens (including phenoxy) is 1. The monoisotopic (exact) mass is 379 g/mol. The highest BCUT2D eigenvalue weighted by Gasteiger charge is 2.25. The summed E-state index contributed by atoms with van der Waals surface area (Å²) in [5.74, 6) is -1.14. The Morgan fingerprint density at radius 1 is 0.821 bits per heavy atom. The SMILES string of the molecule is O=C(COC(=O)C(c1ccccc1)c1ccccc1)NC1CCCCCCC1. The first kappa shape index (κ1) is 20.1. The summed E-state index contributed by atoms with van der Waals surface area (Å²) in [4.78, 5) is 25.2. The van der Waals surface area contributed by atoms with Crippen LogP contribution in [0, 0.1) is 0 Å². The van der Waals surface area contributed by atoms with E-state index in [1.54, 1.807) is 0 Å². The van der Waals surface area contributed by atoms with Crippen LogP contribution in [0.1, 0.15) is 62.0 Å². The fourth-order valence-corrected chi connectivity index (χ4v) is 3.85. The minimum Gasteiger partial charge on any atom is -0.455 e. The molecular weight excluding hydrogens is 350 g/mol. The standard InChI is InChI=1S/C24H29NO3/c26-22(25-21-16-10-2-1-3-11-17-21)18-28-24(27)23(19-12-6-4-7-13-19)20-14-8-5-9-15-20/h4-9,12-15,21,23H,1-3,10-11,16-18H2,(H,25,26). The van der Waals surface area contributed by atoms with E-state index in [1.165, 1.54) is 19.3 Å². The average Bonchev–Trinajstić information content (AvgIpc) is 2.70. The van der Waals surface area contributed by atoms with E-state index < -0.39 is 11.9 Å². The van der Waals surface area contributed by atoms with E-state index in [1.807, 2.05) is 60.7 Å². The number of rotatable bonds is 6. The molecule has 2 aromatic carbocycles. The van der Waals surface area contributed by atoms with E-state index in [0.29, 0.717) is 0 Å². The second-order valence-corrected chi connectivity index (χ2v) is 7.47. The Bertz CT molecular complexity index is 697. The van der Waals surface area contributed by atoms with Crippen molar-refractivity contribution in [3.8, 4) is 0 Å². The van der Waals surface area contributed by atoms with Gasteiger partial charge in [0.15, 0.2) is 6.61 Å².